The summed E-state index contributed by atoms with van der Waals surface area (Å²) >= 11 is 0. The maximum atomic E-state index is 12.9. The molecular weight excluding hydrogens is 231 g/mol. The van der Waals surface area contributed by atoms with Gasteiger partial charge in [-0.15, -0.1) is 0 Å². The fourth-order valence-electron chi connectivity index (χ4n) is 2.60. The van der Waals surface area contributed by atoms with Crippen LogP contribution in [0.25, 0.3) is 0 Å². The van der Waals surface area contributed by atoms with Crippen LogP contribution in [-0.2, 0) is 4.74 Å². The van der Waals surface area contributed by atoms with Crippen LogP contribution in [0.15, 0.2) is 0 Å². The first-order chi connectivity index (χ1) is 7.95. The van der Waals surface area contributed by atoms with Gasteiger partial charge in [0, 0.05) is 7.11 Å². The van der Waals surface area contributed by atoms with E-state index in [4.69, 9.17) is 4.74 Å². The third kappa shape index (κ3) is 3.58. The van der Waals surface area contributed by atoms with Crippen LogP contribution in [0.2, 0.25) is 0 Å². The maximum absolute atomic E-state index is 12.9. The van der Waals surface area contributed by atoms with Crippen molar-refractivity contribution in [3.8, 4) is 0 Å². The Kier molecular flexibility index (Phi) is 5.25. The van der Waals surface area contributed by atoms with Crippen LogP contribution >= 0.6 is 0 Å². The standard InChI is InChI=1S/C12H22F3NO/c1-16-9-3-4-10-5-7-11(17-2,8-6-10)12(13,14)15/h10,16H,3-9H2,1-2H3. The maximum Gasteiger partial charge on any atom is 0.417 e. The molecule has 1 aliphatic carbocycles. The van der Waals surface area contributed by atoms with E-state index in [1.807, 2.05) is 7.05 Å². The highest BCUT2D eigenvalue weighted by Crippen LogP contribution is 2.46. The highest BCUT2D eigenvalue weighted by molar-refractivity contribution is 4.93. The summed E-state index contributed by atoms with van der Waals surface area (Å²) in [6.45, 7) is 0.936. The number of nitrogens with one attached hydrogen (secondary N) is 1. The van der Waals surface area contributed by atoms with E-state index < -0.39 is 11.8 Å². The first-order valence-corrected chi connectivity index (χ1v) is 6.21. The number of hydrogen-bond acceptors (Lipinski definition) is 2. The molecule has 1 N–H and O–H groups in total. The molecular formula is C12H22F3NO. The molecule has 1 fully saturated rings. The monoisotopic (exact) mass is 253 g/mol. The van der Waals surface area contributed by atoms with Gasteiger partial charge < -0.3 is 10.1 Å². The summed E-state index contributed by atoms with van der Waals surface area (Å²) in [6, 6.07) is 0. The quantitative estimate of drug-likeness (QED) is 0.760. The minimum atomic E-state index is -4.24. The molecule has 2 nitrogen and oxygen atoms in total. The third-order valence-electron chi connectivity index (χ3n) is 3.86. The van der Waals surface area contributed by atoms with E-state index in [2.05, 4.69) is 5.32 Å². The van der Waals surface area contributed by atoms with E-state index in [-0.39, 0.29) is 12.8 Å². The van der Waals surface area contributed by atoms with E-state index in [1.54, 1.807) is 0 Å². The van der Waals surface area contributed by atoms with Crippen molar-refractivity contribution in [3.63, 3.8) is 0 Å². The highest BCUT2D eigenvalue weighted by Gasteiger charge is 2.56. The molecule has 0 heterocycles. The Bertz CT molecular complexity index is 222. The summed E-state index contributed by atoms with van der Waals surface area (Å²) < 4.78 is 43.5. The van der Waals surface area contributed by atoms with Crippen LogP contribution in [0.1, 0.15) is 38.5 Å². The fourth-order valence-corrected chi connectivity index (χ4v) is 2.60. The molecule has 0 bridgehead atoms. The molecule has 0 aromatic carbocycles. The van der Waals surface area contributed by atoms with Gasteiger partial charge in [-0.1, -0.05) is 0 Å². The molecule has 0 amide bonds. The minimum absolute atomic E-state index is 0.108. The van der Waals surface area contributed by atoms with Crippen molar-refractivity contribution in [2.75, 3.05) is 20.7 Å². The smallest absolute Gasteiger partial charge is 0.369 e. The molecule has 1 aliphatic rings. The number of ether oxygens (including phenoxy) is 1. The summed E-state index contributed by atoms with van der Waals surface area (Å²) in [4.78, 5) is 0. The summed E-state index contributed by atoms with van der Waals surface area (Å²) in [7, 11) is 3.06. The van der Waals surface area contributed by atoms with Crippen molar-refractivity contribution in [3.05, 3.63) is 0 Å². The summed E-state index contributed by atoms with van der Waals surface area (Å²) in [5.74, 6) is 0.425. The summed E-state index contributed by atoms with van der Waals surface area (Å²) in [5.41, 5.74) is -1.88. The van der Waals surface area contributed by atoms with Crippen molar-refractivity contribution in [1.29, 1.82) is 0 Å². The zero-order valence-corrected chi connectivity index (χ0v) is 10.6. The zero-order valence-electron chi connectivity index (χ0n) is 10.6. The lowest BCUT2D eigenvalue weighted by Crippen LogP contribution is -2.49. The zero-order chi connectivity index (χ0) is 12.9. The Morgan fingerprint density at radius 1 is 1.29 bits per heavy atom. The molecule has 17 heavy (non-hydrogen) atoms. The van der Waals surface area contributed by atoms with Gasteiger partial charge >= 0.3 is 6.18 Å². The van der Waals surface area contributed by atoms with Crippen LogP contribution < -0.4 is 5.32 Å². The Balaban J connectivity index is 2.43. The molecule has 0 radical (unpaired) electrons. The normalized spacial score (nSPS) is 30.5. The SMILES string of the molecule is CNCCCC1CCC(OC)(C(F)(F)F)CC1. The predicted molar refractivity (Wildman–Crippen MR) is 60.9 cm³/mol. The number of alkyl halides is 3. The number of halogens is 3. The second-order valence-corrected chi connectivity index (χ2v) is 4.89. The Morgan fingerprint density at radius 2 is 1.88 bits per heavy atom. The Hall–Kier alpha value is -0.290. The van der Waals surface area contributed by atoms with Gasteiger partial charge in [-0.25, -0.2) is 0 Å². The van der Waals surface area contributed by atoms with E-state index in [0.29, 0.717) is 18.8 Å². The van der Waals surface area contributed by atoms with Crippen LogP contribution in [0.3, 0.4) is 0 Å². The lowest BCUT2D eigenvalue weighted by Gasteiger charge is -2.40. The molecule has 0 aliphatic heterocycles. The van der Waals surface area contributed by atoms with Gasteiger partial charge in [0.15, 0.2) is 5.60 Å². The lowest BCUT2D eigenvalue weighted by molar-refractivity contribution is -0.281. The van der Waals surface area contributed by atoms with Crippen LogP contribution in [0.5, 0.6) is 0 Å². The predicted octanol–water partition coefficient (Wildman–Crippen LogP) is 3.12. The average molecular weight is 253 g/mol. The highest BCUT2D eigenvalue weighted by atomic mass is 19.4. The molecule has 1 rings (SSSR count). The van der Waals surface area contributed by atoms with Crippen LogP contribution in [0.4, 0.5) is 13.2 Å². The van der Waals surface area contributed by atoms with Gasteiger partial charge in [0.2, 0.25) is 0 Å². The first-order valence-electron chi connectivity index (χ1n) is 6.21. The Morgan fingerprint density at radius 3 is 2.29 bits per heavy atom. The minimum Gasteiger partial charge on any atom is -0.369 e. The van der Waals surface area contributed by atoms with Gasteiger partial charge in [0.05, 0.1) is 0 Å². The molecule has 102 valence electrons. The molecule has 0 unspecified atom stereocenters. The van der Waals surface area contributed by atoms with Crippen molar-refractivity contribution >= 4 is 0 Å². The largest absolute Gasteiger partial charge is 0.417 e. The number of hydrogen-bond donors (Lipinski definition) is 1. The fraction of sp³-hybridized carbons (Fsp3) is 1.00. The molecule has 0 atom stereocenters. The first kappa shape index (κ1) is 14.8. The van der Waals surface area contributed by atoms with Crippen molar-refractivity contribution in [1.82, 2.24) is 5.32 Å². The molecule has 0 aromatic heterocycles. The van der Waals surface area contributed by atoms with E-state index in [0.717, 1.165) is 19.4 Å². The lowest BCUT2D eigenvalue weighted by atomic mass is 9.76. The topological polar surface area (TPSA) is 21.3 Å². The molecule has 0 spiro atoms. The van der Waals surface area contributed by atoms with Gasteiger partial charge in [0.25, 0.3) is 0 Å². The number of methoxy groups -OCH3 is 1. The summed E-state index contributed by atoms with van der Waals surface area (Å²) in [6.07, 6.45) is -0.730. The molecule has 5 heteroatoms. The van der Waals surface area contributed by atoms with Crippen LogP contribution in [0, 0.1) is 5.92 Å². The van der Waals surface area contributed by atoms with Crippen LogP contribution in [-0.4, -0.2) is 32.5 Å². The molecule has 0 aromatic rings. The summed E-state index contributed by atoms with van der Waals surface area (Å²) in [5, 5.41) is 3.05. The molecule has 0 saturated heterocycles. The van der Waals surface area contributed by atoms with Crippen molar-refractivity contribution < 1.29 is 17.9 Å². The van der Waals surface area contributed by atoms with Crippen molar-refractivity contribution in [2.45, 2.75) is 50.3 Å². The second-order valence-electron chi connectivity index (χ2n) is 4.89. The average Bonchev–Trinajstić information content (AvgIpc) is 2.29. The third-order valence-corrected chi connectivity index (χ3v) is 3.86. The van der Waals surface area contributed by atoms with E-state index >= 15 is 0 Å². The molecule has 1 saturated carbocycles. The second kappa shape index (κ2) is 6.05. The van der Waals surface area contributed by atoms with Crippen molar-refractivity contribution in [2.24, 2.45) is 5.92 Å². The Labute approximate surface area is 101 Å². The number of rotatable bonds is 5. The van der Waals surface area contributed by atoms with E-state index in [1.165, 1.54) is 7.11 Å². The van der Waals surface area contributed by atoms with E-state index in [9.17, 15) is 13.2 Å². The van der Waals surface area contributed by atoms with Gasteiger partial charge in [-0.3, -0.25) is 0 Å². The van der Waals surface area contributed by atoms with Gasteiger partial charge in [0.1, 0.15) is 0 Å². The van der Waals surface area contributed by atoms with Gasteiger partial charge in [-0.2, -0.15) is 13.2 Å². The van der Waals surface area contributed by atoms with Gasteiger partial charge in [-0.05, 0) is 58.0 Å².